The van der Waals surface area contributed by atoms with Crippen LogP contribution in [0.15, 0.2) is 0 Å². The second-order valence-electron chi connectivity index (χ2n) is 6.24. The summed E-state index contributed by atoms with van der Waals surface area (Å²) >= 11 is 0. The first-order valence-electron chi connectivity index (χ1n) is 7.18. The van der Waals surface area contributed by atoms with Gasteiger partial charge in [-0.1, -0.05) is 0 Å². The maximum absolute atomic E-state index is 11.9. The van der Waals surface area contributed by atoms with E-state index >= 15 is 0 Å². The highest BCUT2D eigenvalue weighted by Crippen LogP contribution is 2.15. The number of carbonyl (C=O) groups is 2. The summed E-state index contributed by atoms with van der Waals surface area (Å²) in [5.41, 5.74) is -0.458. The third-order valence-corrected chi connectivity index (χ3v) is 3.27. The molecule has 2 amide bonds. The van der Waals surface area contributed by atoms with Gasteiger partial charge in [0.1, 0.15) is 5.60 Å². The molecule has 0 aromatic rings. The minimum absolute atomic E-state index is 0.0143. The molecule has 1 aliphatic rings. The molecular weight excluding hydrogens is 258 g/mol. The summed E-state index contributed by atoms with van der Waals surface area (Å²) in [5.74, 6) is -0.0143. The fourth-order valence-corrected chi connectivity index (χ4v) is 2.20. The molecule has 6 nitrogen and oxygen atoms in total. The van der Waals surface area contributed by atoms with Gasteiger partial charge >= 0.3 is 6.09 Å². The Bertz CT molecular complexity index is 344. The second kappa shape index (κ2) is 6.92. The summed E-state index contributed by atoms with van der Waals surface area (Å²) in [6, 6.07) is 0.0547. The van der Waals surface area contributed by atoms with Crippen LogP contribution in [-0.4, -0.2) is 54.7 Å². The molecule has 0 spiro atoms. The molecule has 0 aromatic carbocycles. The highest BCUT2D eigenvalue weighted by Gasteiger charge is 2.27. The van der Waals surface area contributed by atoms with Crippen molar-refractivity contribution >= 4 is 12.0 Å². The lowest BCUT2D eigenvalue weighted by molar-refractivity contribution is -0.122. The Morgan fingerprint density at radius 1 is 1.25 bits per heavy atom. The number of likely N-dealkylation sites (N-methyl/N-ethyl adjacent to an activating group) is 1. The van der Waals surface area contributed by atoms with Gasteiger partial charge in [-0.2, -0.15) is 0 Å². The van der Waals surface area contributed by atoms with Crippen molar-refractivity contribution in [2.24, 2.45) is 0 Å². The lowest BCUT2D eigenvalue weighted by Crippen LogP contribution is -2.51. The topological polar surface area (TPSA) is 70.7 Å². The number of piperidine rings is 1. The number of amides is 2. The number of hydrogen-bond acceptors (Lipinski definition) is 4. The van der Waals surface area contributed by atoms with E-state index in [1.165, 1.54) is 0 Å². The maximum Gasteiger partial charge on any atom is 0.410 e. The maximum atomic E-state index is 11.9. The van der Waals surface area contributed by atoms with Crippen molar-refractivity contribution < 1.29 is 14.3 Å². The van der Waals surface area contributed by atoms with E-state index in [1.807, 2.05) is 27.7 Å². The highest BCUT2D eigenvalue weighted by molar-refractivity contribution is 5.80. The molecule has 0 aromatic heterocycles. The van der Waals surface area contributed by atoms with Gasteiger partial charge in [0.2, 0.25) is 5.91 Å². The molecule has 0 saturated carbocycles. The number of nitrogens with zero attached hydrogens (tertiary/aromatic N) is 1. The predicted molar refractivity (Wildman–Crippen MR) is 77.5 cm³/mol. The van der Waals surface area contributed by atoms with Gasteiger partial charge in [-0.05, 0) is 40.5 Å². The van der Waals surface area contributed by atoms with E-state index < -0.39 is 5.60 Å². The molecule has 1 aliphatic heterocycles. The average Bonchev–Trinajstić information content (AvgIpc) is 2.36. The largest absolute Gasteiger partial charge is 0.444 e. The van der Waals surface area contributed by atoms with Gasteiger partial charge < -0.3 is 20.3 Å². The molecule has 20 heavy (non-hydrogen) atoms. The van der Waals surface area contributed by atoms with Crippen LogP contribution < -0.4 is 10.6 Å². The minimum atomic E-state index is -0.458. The van der Waals surface area contributed by atoms with E-state index in [2.05, 4.69) is 10.6 Å². The van der Waals surface area contributed by atoms with E-state index in [0.29, 0.717) is 13.1 Å². The van der Waals surface area contributed by atoms with Crippen molar-refractivity contribution in [2.75, 3.05) is 20.1 Å². The summed E-state index contributed by atoms with van der Waals surface area (Å²) < 4.78 is 5.35. The summed E-state index contributed by atoms with van der Waals surface area (Å²) in [7, 11) is 1.63. The first-order valence-corrected chi connectivity index (χ1v) is 7.18. The molecule has 116 valence electrons. The van der Waals surface area contributed by atoms with Crippen LogP contribution in [0.5, 0.6) is 0 Å². The fourth-order valence-electron chi connectivity index (χ4n) is 2.20. The van der Waals surface area contributed by atoms with E-state index in [-0.39, 0.29) is 24.1 Å². The van der Waals surface area contributed by atoms with Gasteiger partial charge in [0.05, 0.1) is 6.04 Å². The Labute approximate surface area is 121 Å². The van der Waals surface area contributed by atoms with Gasteiger partial charge in [-0.15, -0.1) is 0 Å². The third-order valence-electron chi connectivity index (χ3n) is 3.27. The number of rotatable bonds is 3. The standard InChI is InChI=1S/C14H27N3O3/c1-10(12(18)15-5)16-11-6-8-17(9-7-11)13(19)20-14(2,3)4/h10-11,16H,6-9H2,1-5H3,(H,15,18). The number of nitrogens with one attached hydrogen (secondary N) is 2. The molecule has 0 radical (unpaired) electrons. The summed E-state index contributed by atoms with van der Waals surface area (Å²) in [5, 5.41) is 5.91. The smallest absolute Gasteiger partial charge is 0.410 e. The zero-order valence-electron chi connectivity index (χ0n) is 13.2. The Kier molecular flexibility index (Phi) is 5.80. The molecule has 0 aliphatic carbocycles. The van der Waals surface area contributed by atoms with Crippen LogP contribution in [0, 0.1) is 0 Å². The van der Waals surface area contributed by atoms with Gasteiger partial charge in [-0.3, -0.25) is 4.79 Å². The molecule has 0 bridgehead atoms. The van der Waals surface area contributed by atoms with E-state index in [1.54, 1.807) is 11.9 Å². The molecule has 1 unspecified atom stereocenters. The molecule has 1 fully saturated rings. The van der Waals surface area contributed by atoms with Crippen LogP contribution >= 0.6 is 0 Å². The molecular formula is C14H27N3O3. The zero-order valence-corrected chi connectivity index (χ0v) is 13.2. The van der Waals surface area contributed by atoms with E-state index in [9.17, 15) is 9.59 Å². The Morgan fingerprint density at radius 3 is 2.25 bits per heavy atom. The second-order valence-corrected chi connectivity index (χ2v) is 6.24. The first kappa shape index (κ1) is 16.8. The van der Waals surface area contributed by atoms with Crippen LogP contribution in [0.4, 0.5) is 4.79 Å². The fraction of sp³-hybridized carbons (Fsp3) is 0.857. The van der Waals surface area contributed by atoms with Crippen LogP contribution in [0.3, 0.4) is 0 Å². The van der Waals surface area contributed by atoms with Crippen LogP contribution in [-0.2, 0) is 9.53 Å². The molecule has 1 rings (SSSR count). The van der Waals surface area contributed by atoms with Crippen LogP contribution in [0.25, 0.3) is 0 Å². The Morgan fingerprint density at radius 2 is 1.80 bits per heavy atom. The number of ether oxygens (including phenoxy) is 1. The van der Waals surface area contributed by atoms with Gasteiger partial charge in [0, 0.05) is 26.2 Å². The third kappa shape index (κ3) is 5.36. The molecule has 2 N–H and O–H groups in total. The van der Waals surface area contributed by atoms with Crippen LogP contribution in [0.1, 0.15) is 40.5 Å². The Balaban J connectivity index is 2.36. The van der Waals surface area contributed by atoms with Crippen molar-refractivity contribution in [3.8, 4) is 0 Å². The summed E-state index contributed by atoms with van der Waals surface area (Å²) in [6.45, 7) is 8.76. The predicted octanol–water partition coefficient (Wildman–Crippen LogP) is 1.11. The lowest BCUT2D eigenvalue weighted by atomic mass is 10.0. The molecule has 6 heteroatoms. The van der Waals surface area contributed by atoms with Gasteiger partial charge in [0.25, 0.3) is 0 Å². The minimum Gasteiger partial charge on any atom is -0.444 e. The first-order chi connectivity index (χ1) is 9.23. The average molecular weight is 285 g/mol. The van der Waals surface area contributed by atoms with E-state index in [4.69, 9.17) is 4.74 Å². The van der Waals surface area contributed by atoms with Crippen molar-refractivity contribution in [1.82, 2.24) is 15.5 Å². The normalized spacial score (nSPS) is 18.6. The lowest BCUT2D eigenvalue weighted by Gasteiger charge is -2.34. The van der Waals surface area contributed by atoms with Crippen molar-refractivity contribution in [3.05, 3.63) is 0 Å². The summed E-state index contributed by atoms with van der Waals surface area (Å²) in [4.78, 5) is 25.1. The van der Waals surface area contributed by atoms with Crippen molar-refractivity contribution in [2.45, 2.75) is 58.2 Å². The van der Waals surface area contributed by atoms with Crippen molar-refractivity contribution in [3.63, 3.8) is 0 Å². The summed E-state index contributed by atoms with van der Waals surface area (Å²) in [6.07, 6.45) is 1.41. The monoisotopic (exact) mass is 285 g/mol. The Hall–Kier alpha value is -1.30. The van der Waals surface area contributed by atoms with Crippen molar-refractivity contribution in [1.29, 1.82) is 0 Å². The van der Waals surface area contributed by atoms with Gasteiger partial charge in [-0.25, -0.2) is 4.79 Å². The zero-order chi connectivity index (χ0) is 15.3. The molecule has 1 atom stereocenters. The molecule has 1 heterocycles. The van der Waals surface area contributed by atoms with Gasteiger partial charge in [0.15, 0.2) is 0 Å². The number of likely N-dealkylation sites (tertiary alicyclic amines) is 1. The quantitative estimate of drug-likeness (QED) is 0.815. The molecule has 1 saturated heterocycles. The number of hydrogen-bond donors (Lipinski definition) is 2. The SMILES string of the molecule is CNC(=O)C(C)NC1CCN(C(=O)OC(C)(C)C)CC1. The highest BCUT2D eigenvalue weighted by atomic mass is 16.6. The number of carbonyl (C=O) groups excluding carboxylic acids is 2. The van der Waals surface area contributed by atoms with E-state index in [0.717, 1.165) is 12.8 Å². The van der Waals surface area contributed by atoms with Crippen LogP contribution in [0.2, 0.25) is 0 Å².